The molecule has 0 radical (unpaired) electrons. The third-order valence-electron chi connectivity index (χ3n) is 9.75. The van der Waals surface area contributed by atoms with Crippen molar-refractivity contribution in [3.05, 3.63) is 23.3 Å². The van der Waals surface area contributed by atoms with Gasteiger partial charge in [0.2, 0.25) is 0 Å². The zero-order valence-corrected chi connectivity index (χ0v) is 24.7. The number of aliphatic hydroxyl groups excluding tert-OH is 1. The van der Waals surface area contributed by atoms with Crippen molar-refractivity contribution >= 4 is 11.9 Å². The Kier molecular flexibility index (Phi) is 11.5. The summed E-state index contributed by atoms with van der Waals surface area (Å²) in [6, 6.07) is 0. The molecule has 4 rings (SSSR count). The third kappa shape index (κ3) is 8.40. The molecule has 3 aliphatic carbocycles. The van der Waals surface area contributed by atoms with Gasteiger partial charge in [-0.15, -0.1) is 0 Å². The molecule has 0 aromatic heterocycles. The summed E-state index contributed by atoms with van der Waals surface area (Å²) < 4.78 is 0. The molecular formula is C32H55N5O2. The molecule has 2 fully saturated rings. The number of nitrogens with two attached hydrogens (primary N) is 1. The van der Waals surface area contributed by atoms with Crippen LogP contribution in [0, 0.1) is 17.8 Å². The molecule has 1 heterocycles. The van der Waals surface area contributed by atoms with E-state index in [9.17, 15) is 9.90 Å². The van der Waals surface area contributed by atoms with Gasteiger partial charge in [0.15, 0.2) is 12.3 Å². The highest BCUT2D eigenvalue weighted by atomic mass is 16.3. The number of amides is 1. The van der Waals surface area contributed by atoms with E-state index in [1.807, 2.05) is 0 Å². The molecule has 220 valence electrons. The maximum Gasteiger partial charge on any atom is 0.257 e. The van der Waals surface area contributed by atoms with Crippen LogP contribution in [0.2, 0.25) is 0 Å². The molecule has 5 N–H and O–H groups in total. The molecule has 1 aliphatic heterocycles. The Morgan fingerprint density at radius 2 is 1.77 bits per heavy atom. The predicted molar refractivity (Wildman–Crippen MR) is 160 cm³/mol. The van der Waals surface area contributed by atoms with E-state index in [0.29, 0.717) is 30.9 Å². The first-order valence-electron chi connectivity index (χ1n) is 16.1. The highest BCUT2D eigenvalue weighted by Crippen LogP contribution is 2.41. The SMILES string of the molecule is CCCCNC(O)NCC1=CC=C(CN2C(=O)C(CCC3CCCCC3)(CC3CCCCC3)N=C2N)CC1C. The minimum atomic E-state index is -0.695. The summed E-state index contributed by atoms with van der Waals surface area (Å²) in [6.45, 7) is 6.34. The van der Waals surface area contributed by atoms with Crippen molar-refractivity contribution in [1.82, 2.24) is 15.5 Å². The Bertz CT molecular complexity index is 887. The number of unbranched alkanes of at least 4 members (excludes halogenated alkanes) is 1. The van der Waals surface area contributed by atoms with E-state index in [2.05, 4.69) is 36.6 Å². The summed E-state index contributed by atoms with van der Waals surface area (Å²) in [5.74, 6) is 2.23. The van der Waals surface area contributed by atoms with Crippen molar-refractivity contribution in [2.75, 3.05) is 19.6 Å². The normalized spacial score (nSPS) is 27.9. The zero-order valence-electron chi connectivity index (χ0n) is 24.7. The largest absolute Gasteiger partial charge is 0.369 e. The Morgan fingerprint density at radius 1 is 1.08 bits per heavy atom. The van der Waals surface area contributed by atoms with Crippen LogP contribution in [-0.4, -0.2) is 53.4 Å². The quantitative estimate of drug-likeness (QED) is 0.175. The zero-order chi connectivity index (χ0) is 27.7. The first-order valence-corrected chi connectivity index (χ1v) is 16.1. The van der Waals surface area contributed by atoms with Crippen molar-refractivity contribution in [2.45, 2.75) is 128 Å². The molecular weight excluding hydrogens is 486 g/mol. The van der Waals surface area contributed by atoms with E-state index in [1.54, 1.807) is 4.90 Å². The van der Waals surface area contributed by atoms with Crippen LogP contribution >= 0.6 is 0 Å². The average molecular weight is 542 g/mol. The number of rotatable bonds is 14. The average Bonchev–Trinajstić information content (AvgIpc) is 3.17. The summed E-state index contributed by atoms with van der Waals surface area (Å²) in [7, 11) is 0. The van der Waals surface area contributed by atoms with E-state index < -0.39 is 11.9 Å². The lowest BCUT2D eigenvalue weighted by molar-refractivity contribution is -0.132. The second kappa shape index (κ2) is 14.8. The Balaban J connectivity index is 1.39. The number of hydrogen-bond acceptors (Lipinski definition) is 6. The number of hydrogen-bond donors (Lipinski definition) is 4. The van der Waals surface area contributed by atoms with Gasteiger partial charge in [-0.25, -0.2) is 4.99 Å². The number of nitrogens with zero attached hydrogens (tertiary/aromatic N) is 2. The fraction of sp³-hybridized carbons (Fsp3) is 0.812. The van der Waals surface area contributed by atoms with E-state index in [-0.39, 0.29) is 5.91 Å². The highest BCUT2D eigenvalue weighted by molar-refractivity contribution is 6.07. The first-order chi connectivity index (χ1) is 18.9. The number of aliphatic hydroxyl groups is 1. The Morgan fingerprint density at radius 3 is 2.44 bits per heavy atom. The molecule has 2 saturated carbocycles. The smallest absolute Gasteiger partial charge is 0.257 e. The highest BCUT2D eigenvalue weighted by Gasteiger charge is 2.49. The maximum atomic E-state index is 14.1. The lowest BCUT2D eigenvalue weighted by Crippen LogP contribution is -2.46. The summed E-state index contributed by atoms with van der Waals surface area (Å²) in [6.07, 6.45) is 22.4. The van der Waals surface area contributed by atoms with Gasteiger partial charge in [0.25, 0.3) is 5.91 Å². The lowest BCUT2D eigenvalue weighted by atomic mass is 9.75. The van der Waals surface area contributed by atoms with Crippen LogP contribution in [0.4, 0.5) is 0 Å². The molecule has 3 atom stereocenters. The van der Waals surface area contributed by atoms with Gasteiger partial charge in [-0.05, 0) is 62.0 Å². The minimum Gasteiger partial charge on any atom is -0.369 e. The molecule has 7 heteroatoms. The van der Waals surface area contributed by atoms with Gasteiger partial charge >= 0.3 is 0 Å². The number of allylic oxidation sites excluding steroid dienone is 2. The number of aliphatic imine (C=N–C) groups is 1. The number of guanidine groups is 1. The maximum absolute atomic E-state index is 14.1. The first kappa shape index (κ1) is 30.3. The number of carbonyl (C=O) groups excluding carboxylic acids is 1. The van der Waals surface area contributed by atoms with Gasteiger partial charge in [0.1, 0.15) is 5.54 Å². The van der Waals surface area contributed by atoms with Crippen LogP contribution in [0.5, 0.6) is 0 Å². The summed E-state index contributed by atoms with van der Waals surface area (Å²) in [4.78, 5) is 20.9. The third-order valence-corrected chi connectivity index (χ3v) is 9.75. The van der Waals surface area contributed by atoms with Gasteiger partial charge in [-0.1, -0.05) is 102 Å². The molecule has 7 nitrogen and oxygen atoms in total. The molecule has 0 saturated heterocycles. The Hall–Kier alpha value is -1.70. The lowest BCUT2D eigenvalue weighted by Gasteiger charge is -2.33. The van der Waals surface area contributed by atoms with E-state index in [1.165, 1.54) is 75.4 Å². The summed E-state index contributed by atoms with van der Waals surface area (Å²) >= 11 is 0. The fourth-order valence-electron chi connectivity index (χ4n) is 7.26. The summed E-state index contributed by atoms with van der Waals surface area (Å²) in [5.41, 5.74) is 8.37. The molecule has 3 unspecified atom stereocenters. The fourth-order valence-corrected chi connectivity index (χ4v) is 7.26. The van der Waals surface area contributed by atoms with Crippen molar-refractivity contribution < 1.29 is 9.90 Å². The molecule has 0 spiro atoms. The number of nitrogens with one attached hydrogen (secondary N) is 2. The second-order valence-electron chi connectivity index (χ2n) is 12.9. The van der Waals surface area contributed by atoms with Gasteiger partial charge in [0.05, 0.1) is 6.54 Å². The van der Waals surface area contributed by atoms with Gasteiger partial charge in [-0.2, -0.15) is 0 Å². The molecule has 39 heavy (non-hydrogen) atoms. The standard InChI is InChI=1S/C32H55N5O2/c1-3-4-19-34-31(39)35-22-28-16-15-27(20-24(28)2)23-37-29(38)32(36-30(37)33,21-26-13-9-6-10-14-26)18-17-25-11-7-5-8-12-25/h15-16,24-26,31,34-35,39H,3-14,17-23H2,1-2H3,(H2,33,36). The van der Waals surface area contributed by atoms with Gasteiger partial charge < -0.3 is 10.8 Å². The monoisotopic (exact) mass is 541 g/mol. The van der Waals surface area contributed by atoms with Crippen LogP contribution in [0.25, 0.3) is 0 Å². The topological polar surface area (TPSA) is 103 Å². The minimum absolute atomic E-state index is 0.146. The van der Waals surface area contributed by atoms with Crippen molar-refractivity contribution in [2.24, 2.45) is 28.5 Å². The van der Waals surface area contributed by atoms with Gasteiger partial charge in [-0.3, -0.25) is 20.3 Å². The molecule has 0 bridgehead atoms. The van der Waals surface area contributed by atoms with Crippen molar-refractivity contribution in [3.63, 3.8) is 0 Å². The summed E-state index contributed by atoms with van der Waals surface area (Å²) in [5, 5.41) is 16.4. The van der Waals surface area contributed by atoms with Crippen molar-refractivity contribution in [1.29, 1.82) is 0 Å². The number of carbonyl (C=O) groups is 1. The van der Waals surface area contributed by atoms with E-state index in [0.717, 1.165) is 51.0 Å². The molecule has 4 aliphatic rings. The van der Waals surface area contributed by atoms with Crippen LogP contribution in [-0.2, 0) is 4.79 Å². The van der Waals surface area contributed by atoms with Crippen LogP contribution in [0.3, 0.4) is 0 Å². The molecule has 0 aromatic rings. The molecule has 1 amide bonds. The van der Waals surface area contributed by atoms with Crippen LogP contribution in [0.15, 0.2) is 28.3 Å². The second-order valence-corrected chi connectivity index (χ2v) is 12.9. The molecule has 0 aromatic carbocycles. The van der Waals surface area contributed by atoms with Crippen LogP contribution < -0.4 is 16.4 Å². The van der Waals surface area contributed by atoms with Crippen molar-refractivity contribution in [3.8, 4) is 0 Å². The van der Waals surface area contributed by atoms with Crippen LogP contribution in [0.1, 0.15) is 117 Å². The van der Waals surface area contributed by atoms with Gasteiger partial charge in [0, 0.05) is 6.54 Å². The van der Waals surface area contributed by atoms with E-state index >= 15 is 0 Å². The van der Waals surface area contributed by atoms with E-state index in [4.69, 9.17) is 10.7 Å². The Labute approximate surface area is 237 Å². The predicted octanol–water partition coefficient (Wildman–Crippen LogP) is 5.36.